The number of benzene rings is 3. The van der Waals surface area contributed by atoms with Gasteiger partial charge in [-0.3, -0.25) is 25.0 Å². The number of carbonyl (C=O) groups is 1. The van der Waals surface area contributed by atoms with Crippen LogP contribution in [0.15, 0.2) is 73.1 Å². The van der Waals surface area contributed by atoms with Crippen molar-refractivity contribution in [3.05, 3.63) is 95.1 Å². The Morgan fingerprint density at radius 3 is 2.51 bits per heavy atom. The van der Waals surface area contributed by atoms with E-state index in [0.29, 0.717) is 15.6 Å². The Kier molecular flexibility index (Phi) is 7.50. The molecule has 0 unspecified atom stereocenters. The standard InChI is InChI=1S/C23H14Br2N4O8/c1-35-20-7-12(11-26-27-23(30)21-9-13-8-14(24)2-4-18(13)36-21)6-16(25)22(20)37-19-5-3-15(28(31)32)10-17(19)29(33)34/h2-11H,1H3,(H,27,30)/b26-11+. The summed E-state index contributed by atoms with van der Waals surface area (Å²) in [5.41, 5.74) is 2.38. The number of methoxy groups -OCH3 is 1. The van der Waals surface area contributed by atoms with Gasteiger partial charge in [0.2, 0.25) is 5.75 Å². The molecule has 1 N–H and O–H groups in total. The molecular formula is C23H14Br2N4O8. The third-order valence-corrected chi connectivity index (χ3v) is 5.98. The number of hydrogen-bond acceptors (Lipinski definition) is 9. The minimum atomic E-state index is -0.784. The molecule has 14 heteroatoms. The predicted octanol–water partition coefficient (Wildman–Crippen LogP) is 6.34. The zero-order valence-corrected chi connectivity index (χ0v) is 21.8. The summed E-state index contributed by atoms with van der Waals surface area (Å²) in [6.45, 7) is 0. The van der Waals surface area contributed by atoms with Gasteiger partial charge in [0.15, 0.2) is 17.3 Å². The fourth-order valence-electron chi connectivity index (χ4n) is 3.22. The first-order chi connectivity index (χ1) is 17.7. The van der Waals surface area contributed by atoms with Gasteiger partial charge in [-0.25, -0.2) is 5.43 Å². The average molecular weight is 634 g/mol. The van der Waals surface area contributed by atoms with Crippen molar-refractivity contribution in [2.45, 2.75) is 0 Å². The van der Waals surface area contributed by atoms with Gasteiger partial charge in [0.1, 0.15) is 5.58 Å². The molecule has 0 radical (unpaired) electrons. The van der Waals surface area contributed by atoms with Crippen LogP contribution in [0.5, 0.6) is 17.2 Å². The summed E-state index contributed by atoms with van der Waals surface area (Å²) in [6, 6.07) is 13.1. The van der Waals surface area contributed by atoms with E-state index in [4.69, 9.17) is 13.9 Å². The lowest BCUT2D eigenvalue weighted by Gasteiger charge is -2.13. The smallest absolute Gasteiger partial charge is 0.318 e. The van der Waals surface area contributed by atoms with Gasteiger partial charge >= 0.3 is 11.6 Å². The van der Waals surface area contributed by atoms with Gasteiger partial charge in [-0.1, -0.05) is 15.9 Å². The summed E-state index contributed by atoms with van der Waals surface area (Å²) < 4.78 is 17.7. The van der Waals surface area contributed by atoms with E-state index in [-0.39, 0.29) is 23.0 Å². The van der Waals surface area contributed by atoms with E-state index < -0.39 is 27.1 Å². The van der Waals surface area contributed by atoms with E-state index in [0.717, 1.165) is 28.1 Å². The number of halogens is 2. The molecule has 1 heterocycles. The SMILES string of the molecule is COc1cc(/C=N/NC(=O)c2cc3cc(Br)ccc3o2)cc(Br)c1Oc1ccc([N+](=O)[O-])cc1[N+](=O)[O-]. The Morgan fingerprint density at radius 1 is 1.03 bits per heavy atom. The first-order valence-corrected chi connectivity index (χ1v) is 11.8. The van der Waals surface area contributed by atoms with Crippen LogP contribution in [0.4, 0.5) is 11.4 Å². The highest BCUT2D eigenvalue weighted by Gasteiger charge is 2.23. The second-order valence-corrected chi connectivity index (χ2v) is 9.06. The van der Waals surface area contributed by atoms with Gasteiger partial charge in [-0.2, -0.15) is 5.10 Å². The third kappa shape index (κ3) is 5.76. The Balaban J connectivity index is 1.54. The van der Waals surface area contributed by atoms with Crippen molar-refractivity contribution in [1.29, 1.82) is 0 Å². The molecule has 0 spiro atoms. The molecule has 0 aliphatic carbocycles. The van der Waals surface area contributed by atoms with Crippen LogP contribution in [0.1, 0.15) is 16.1 Å². The Bertz CT molecular complexity index is 1580. The van der Waals surface area contributed by atoms with Crippen molar-refractivity contribution in [3.63, 3.8) is 0 Å². The Morgan fingerprint density at radius 2 is 1.81 bits per heavy atom. The second-order valence-electron chi connectivity index (χ2n) is 7.29. The first-order valence-electron chi connectivity index (χ1n) is 10.2. The highest BCUT2D eigenvalue weighted by molar-refractivity contribution is 9.10. The lowest BCUT2D eigenvalue weighted by atomic mass is 10.2. The molecule has 0 bridgehead atoms. The summed E-state index contributed by atoms with van der Waals surface area (Å²) in [6.07, 6.45) is 1.35. The Labute approximate surface area is 224 Å². The van der Waals surface area contributed by atoms with Gasteiger partial charge in [-0.15, -0.1) is 0 Å². The number of amides is 1. The minimum Gasteiger partial charge on any atom is -0.493 e. The number of fused-ring (bicyclic) bond motifs is 1. The van der Waals surface area contributed by atoms with Crippen molar-refractivity contribution in [3.8, 4) is 17.2 Å². The summed E-state index contributed by atoms with van der Waals surface area (Å²) in [5.74, 6) is -0.426. The van der Waals surface area contributed by atoms with Crippen LogP contribution >= 0.6 is 31.9 Å². The minimum absolute atomic E-state index is 0.0810. The summed E-state index contributed by atoms with van der Waals surface area (Å²) in [5, 5.41) is 27.1. The fourth-order valence-corrected chi connectivity index (χ4v) is 4.14. The highest BCUT2D eigenvalue weighted by Crippen LogP contribution is 2.42. The van der Waals surface area contributed by atoms with Gasteiger partial charge in [0, 0.05) is 15.9 Å². The van der Waals surface area contributed by atoms with Crippen LogP contribution in [0.3, 0.4) is 0 Å². The summed E-state index contributed by atoms with van der Waals surface area (Å²) in [7, 11) is 1.36. The lowest BCUT2D eigenvalue weighted by Crippen LogP contribution is -2.16. The third-order valence-electron chi connectivity index (χ3n) is 4.90. The number of nitrogens with zero attached hydrogens (tertiary/aromatic N) is 3. The van der Waals surface area contributed by atoms with Crippen molar-refractivity contribution >= 4 is 66.3 Å². The summed E-state index contributed by atoms with van der Waals surface area (Å²) in [4.78, 5) is 33.3. The molecule has 0 saturated heterocycles. The monoisotopic (exact) mass is 632 g/mol. The van der Waals surface area contributed by atoms with Crippen LogP contribution < -0.4 is 14.9 Å². The van der Waals surface area contributed by atoms with Crippen LogP contribution in [0.25, 0.3) is 11.0 Å². The molecule has 0 fully saturated rings. The van der Waals surface area contributed by atoms with Crippen LogP contribution in [0, 0.1) is 20.2 Å². The topological polar surface area (TPSA) is 159 Å². The van der Waals surface area contributed by atoms with E-state index in [1.165, 1.54) is 19.4 Å². The lowest BCUT2D eigenvalue weighted by molar-refractivity contribution is -0.394. The maximum atomic E-state index is 12.4. The van der Waals surface area contributed by atoms with E-state index in [1.54, 1.807) is 24.3 Å². The normalized spacial score (nSPS) is 11.0. The number of hydrogen-bond donors (Lipinski definition) is 1. The number of ether oxygens (including phenoxy) is 2. The van der Waals surface area contributed by atoms with Gasteiger partial charge in [0.25, 0.3) is 5.69 Å². The van der Waals surface area contributed by atoms with Crippen molar-refractivity contribution in [2.75, 3.05) is 7.11 Å². The fraction of sp³-hybridized carbons (Fsp3) is 0.0435. The van der Waals surface area contributed by atoms with E-state index in [2.05, 4.69) is 42.4 Å². The molecular weight excluding hydrogens is 620 g/mol. The predicted molar refractivity (Wildman–Crippen MR) is 139 cm³/mol. The highest BCUT2D eigenvalue weighted by atomic mass is 79.9. The molecule has 1 amide bonds. The number of furan rings is 1. The van der Waals surface area contributed by atoms with E-state index in [1.807, 2.05) is 6.07 Å². The summed E-state index contributed by atoms with van der Waals surface area (Å²) >= 11 is 6.69. The Hall–Kier alpha value is -4.30. The molecule has 12 nitrogen and oxygen atoms in total. The molecule has 0 atom stereocenters. The maximum absolute atomic E-state index is 12.4. The molecule has 0 aliphatic rings. The van der Waals surface area contributed by atoms with Gasteiger partial charge < -0.3 is 13.9 Å². The van der Waals surface area contributed by atoms with Gasteiger partial charge in [-0.05, 0) is 64.0 Å². The average Bonchev–Trinajstić information content (AvgIpc) is 3.28. The zero-order valence-electron chi connectivity index (χ0n) is 18.6. The molecule has 0 saturated carbocycles. The molecule has 4 rings (SSSR count). The number of rotatable bonds is 8. The molecule has 4 aromatic rings. The van der Waals surface area contributed by atoms with E-state index >= 15 is 0 Å². The van der Waals surface area contributed by atoms with Crippen LogP contribution in [-0.2, 0) is 0 Å². The van der Waals surface area contributed by atoms with Crippen molar-refractivity contribution in [1.82, 2.24) is 5.43 Å². The van der Waals surface area contributed by atoms with Crippen LogP contribution in [0.2, 0.25) is 0 Å². The molecule has 188 valence electrons. The zero-order chi connectivity index (χ0) is 26.7. The largest absolute Gasteiger partial charge is 0.493 e. The number of nitro groups is 2. The van der Waals surface area contributed by atoms with Crippen molar-refractivity contribution < 1.29 is 28.5 Å². The number of hydrazone groups is 1. The molecule has 3 aromatic carbocycles. The quantitative estimate of drug-likeness (QED) is 0.134. The van der Waals surface area contributed by atoms with Crippen LogP contribution in [-0.4, -0.2) is 29.1 Å². The maximum Gasteiger partial charge on any atom is 0.318 e. The van der Waals surface area contributed by atoms with Gasteiger partial charge in [0.05, 0.1) is 33.7 Å². The molecule has 0 aliphatic heterocycles. The number of nitrogens with one attached hydrogen (secondary N) is 1. The molecule has 37 heavy (non-hydrogen) atoms. The number of nitro benzene ring substituents is 2. The van der Waals surface area contributed by atoms with Crippen molar-refractivity contribution in [2.24, 2.45) is 5.10 Å². The van der Waals surface area contributed by atoms with E-state index in [9.17, 15) is 25.0 Å². The number of non-ortho nitro benzene ring substituents is 1. The second kappa shape index (κ2) is 10.8. The number of carbonyl (C=O) groups excluding carboxylic acids is 1. The first kappa shape index (κ1) is 25.8. The molecule has 1 aromatic heterocycles.